The molecule has 1 unspecified atom stereocenters. The van der Waals surface area contributed by atoms with Crippen molar-refractivity contribution in [1.82, 2.24) is 0 Å². The molecule has 5 heteroatoms. The van der Waals surface area contributed by atoms with Gasteiger partial charge in [0.05, 0.1) is 7.11 Å². The van der Waals surface area contributed by atoms with Crippen LogP contribution in [0.5, 0.6) is 0 Å². The normalized spacial score (nSPS) is 13.2. The van der Waals surface area contributed by atoms with Crippen molar-refractivity contribution >= 4 is 25.7 Å². The molecule has 0 amide bonds. The summed E-state index contributed by atoms with van der Waals surface area (Å²) in [7, 11) is -0.684. The van der Waals surface area contributed by atoms with Gasteiger partial charge in [-0.3, -0.25) is 4.79 Å². The summed E-state index contributed by atoms with van der Waals surface area (Å²) in [6.07, 6.45) is 3.16. The van der Waals surface area contributed by atoms with Crippen molar-refractivity contribution in [3.05, 3.63) is 41.6 Å². The summed E-state index contributed by atoms with van der Waals surface area (Å²) in [5, 5.41) is 1.23. The van der Waals surface area contributed by atoms with Crippen LogP contribution in [0.1, 0.15) is 32.6 Å². The second-order valence-corrected chi connectivity index (χ2v) is 10.7. The van der Waals surface area contributed by atoms with Crippen LogP contribution in [-0.2, 0) is 14.3 Å². The molecule has 0 heterocycles. The minimum absolute atomic E-state index is 0.539. The maximum absolute atomic E-state index is 11.7. The second kappa shape index (κ2) is 10.1. The molecular formula is C19H28O4Si. The number of aldehydes is 1. The molecule has 0 bridgehead atoms. The topological polar surface area (TPSA) is 52.6 Å². The van der Waals surface area contributed by atoms with Gasteiger partial charge < -0.3 is 9.47 Å². The molecule has 0 saturated carbocycles. The van der Waals surface area contributed by atoms with E-state index < -0.39 is 20.3 Å². The lowest BCUT2D eigenvalue weighted by molar-refractivity contribution is -0.105. The van der Waals surface area contributed by atoms with Gasteiger partial charge in [0.15, 0.2) is 0 Å². The van der Waals surface area contributed by atoms with Crippen LogP contribution in [0.2, 0.25) is 13.1 Å². The van der Waals surface area contributed by atoms with E-state index in [1.165, 1.54) is 12.3 Å². The van der Waals surface area contributed by atoms with E-state index in [1.54, 1.807) is 0 Å². The van der Waals surface area contributed by atoms with Crippen molar-refractivity contribution in [2.24, 2.45) is 0 Å². The highest BCUT2D eigenvalue weighted by Crippen LogP contribution is 2.18. The monoisotopic (exact) mass is 348 g/mol. The summed E-state index contributed by atoms with van der Waals surface area (Å²) < 4.78 is 9.95. The number of ether oxygens (including phenoxy) is 2. The van der Waals surface area contributed by atoms with Crippen molar-refractivity contribution in [2.45, 2.75) is 51.8 Å². The van der Waals surface area contributed by atoms with Crippen LogP contribution in [0.25, 0.3) is 0 Å². The van der Waals surface area contributed by atoms with Gasteiger partial charge in [-0.1, -0.05) is 74.1 Å². The highest BCUT2D eigenvalue weighted by atomic mass is 28.3. The first-order valence-electron chi connectivity index (χ1n) is 8.42. The molecular weight excluding hydrogens is 320 g/mol. The standard InChI is InChI=1S/C19H28O4Si/c1-5-6-8-13-18(23-19(21)22-2)16(14-20)15-24(3,4)17-11-9-7-10-12-17/h7,9-12,14-15,18H,5-6,8,13H2,1-4H3/b16-15-. The van der Waals surface area contributed by atoms with E-state index in [9.17, 15) is 9.59 Å². The molecule has 0 N–H and O–H groups in total. The molecule has 0 aliphatic rings. The molecule has 0 saturated heterocycles. The molecule has 0 spiro atoms. The molecule has 0 aliphatic carbocycles. The van der Waals surface area contributed by atoms with Gasteiger partial charge in [-0.2, -0.15) is 0 Å². The third-order valence-electron chi connectivity index (χ3n) is 4.03. The molecule has 0 radical (unpaired) electrons. The van der Waals surface area contributed by atoms with Crippen molar-refractivity contribution < 1.29 is 19.1 Å². The second-order valence-electron chi connectivity index (χ2n) is 6.41. The van der Waals surface area contributed by atoms with E-state index in [2.05, 4.69) is 36.9 Å². The lowest BCUT2D eigenvalue weighted by atomic mass is 10.1. The number of rotatable bonds is 9. The van der Waals surface area contributed by atoms with Crippen molar-refractivity contribution in [1.29, 1.82) is 0 Å². The fraction of sp³-hybridized carbons (Fsp3) is 0.474. The van der Waals surface area contributed by atoms with Crippen molar-refractivity contribution in [3.8, 4) is 0 Å². The Labute approximate surface area is 145 Å². The maximum Gasteiger partial charge on any atom is 0.508 e. The predicted octanol–water partition coefficient (Wildman–Crippen LogP) is 4.00. The lowest BCUT2D eigenvalue weighted by Gasteiger charge is -2.23. The molecule has 0 aromatic heterocycles. The highest BCUT2D eigenvalue weighted by Gasteiger charge is 2.26. The third-order valence-corrected chi connectivity index (χ3v) is 6.90. The number of carbonyl (C=O) groups is 2. The minimum atomic E-state index is -1.96. The van der Waals surface area contributed by atoms with Crippen LogP contribution in [0, 0.1) is 0 Å². The van der Waals surface area contributed by atoms with Gasteiger partial charge in [0.1, 0.15) is 20.5 Å². The molecule has 24 heavy (non-hydrogen) atoms. The zero-order chi connectivity index (χ0) is 18.0. The minimum Gasteiger partial charge on any atom is -0.438 e. The molecule has 1 atom stereocenters. The number of hydrogen-bond acceptors (Lipinski definition) is 4. The third kappa shape index (κ3) is 6.32. The van der Waals surface area contributed by atoms with Gasteiger partial charge in [0.2, 0.25) is 0 Å². The number of carbonyl (C=O) groups excluding carboxylic acids is 2. The van der Waals surface area contributed by atoms with Crippen molar-refractivity contribution in [2.75, 3.05) is 7.11 Å². The average Bonchev–Trinajstić information content (AvgIpc) is 2.59. The van der Waals surface area contributed by atoms with Crippen LogP contribution in [0.3, 0.4) is 0 Å². The number of unbranched alkanes of at least 4 members (excludes halogenated alkanes) is 2. The molecule has 1 aromatic rings. The Kier molecular flexibility index (Phi) is 8.47. The Bertz CT molecular complexity index is 552. The summed E-state index contributed by atoms with van der Waals surface area (Å²) in [5.41, 5.74) is 2.56. The molecule has 132 valence electrons. The zero-order valence-electron chi connectivity index (χ0n) is 15.1. The average molecular weight is 349 g/mol. The zero-order valence-corrected chi connectivity index (χ0v) is 16.1. The highest BCUT2D eigenvalue weighted by molar-refractivity contribution is 6.94. The summed E-state index contributed by atoms with van der Waals surface area (Å²) in [6, 6.07) is 10.1. The van der Waals surface area contributed by atoms with Gasteiger partial charge in [-0.05, 0) is 12.8 Å². The van der Waals surface area contributed by atoms with Crippen LogP contribution >= 0.6 is 0 Å². The van der Waals surface area contributed by atoms with Gasteiger partial charge in [0, 0.05) is 5.57 Å². The first kappa shape index (κ1) is 20.2. The number of hydrogen-bond donors (Lipinski definition) is 0. The van der Waals surface area contributed by atoms with Gasteiger partial charge >= 0.3 is 6.16 Å². The summed E-state index contributed by atoms with van der Waals surface area (Å²) in [6.45, 7) is 6.46. The van der Waals surface area contributed by atoms with Gasteiger partial charge in [0.25, 0.3) is 0 Å². The summed E-state index contributed by atoms with van der Waals surface area (Å²) in [4.78, 5) is 23.2. The van der Waals surface area contributed by atoms with E-state index in [0.29, 0.717) is 12.0 Å². The van der Waals surface area contributed by atoms with Crippen LogP contribution in [0.4, 0.5) is 4.79 Å². The van der Waals surface area contributed by atoms with Gasteiger partial charge in [-0.15, -0.1) is 0 Å². The molecule has 1 rings (SSSR count). The Morgan fingerprint density at radius 3 is 2.42 bits per heavy atom. The Morgan fingerprint density at radius 1 is 1.21 bits per heavy atom. The van der Waals surface area contributed by atoms with Gasteiger partial charge in [-0.25, -0.2) is 4.79 Å². The molecule has 1 aromatic carbocycles. The number of methoxy groups -OCH3 is 1. The van der Waals surface area contributed by atoms with E-state index in [4.69, 9.17) is 4.74 Å². The van der Waals surface area contributed by atoms with Crippen LogP contribution in [0.15, 0.2) is 41.6 Å². The first-order valence-corrected chi connectivity index (χ1v) is 11.5. The quantitative estimate of drug-likeness (QED) is 0.222. The SMILES string of the molecule is CCCCCC(OC(=O)OC)/C(C=O)=C\[Si](C)(C)c1ccccc1. The molecule has 0 fully saturated rings. The summed E-state index contributed by atoms with van der Waals surface area (Å²) >= 11 is 0. The van der Waals surface area contributed by atoms with Crippen molar-refractivity contribution in [3.63, 3.8) is 0 Å². The first-order chi connectivity index (χ1) is 11.4. The Morgan fingerprint density at radius 2 is 1.88 bits per heavy atom. The fourth-order valence-corrected chi connectivity index (χ4v) is 4.91. The van der Waals surface area contributed by atoms with Crippen LogP contribution < -0.4 is 5.19 Å². The largest absolute Gasteiger partial charge is 0.508 e. The van der Waals surface area contributed by atoms with E-state index >= 15 is 0 Å². The molecule has 0 aliphatic heterocycles. The van der Waals surface area contributed by atoms with E-state index in [1.807, 2.05) is 23.9 Å². The molecule has 4 nitrogen and oxygen atoms in total. The smallest absolute Gasteiger partial charge is 0.438 e. The Balaban J connectivity index is 3.05. The fourth-order valence-electron chi connectivity index (χ4n) is 2.61. The number of benzene rings is 1. The lowest BCUT2D eigenvalue weighted by Crippen LogP contribution is -2.40. The summed E-state index contributed by atoms with van der Waals surface area (Å²) in [5.74, 6) is 0. The maximum atomic E-state index is 11.7. The Hall–Kier alpha value is -1.88. The predicted molar refractivity (Wildman–Crippen MR) is 99.1 cm³/mol. The van der Waals surface area contributed by atoms with E-state index in [-0.39, 0.29) is 0 Å². The van der Waals surface area contributed by atoms with Crippen LogP contribution in [-0.4, -0.2) is 33.7 Å². The van der Waals surface area contributed by atoms with E-state index in [0.717, 1.165) is 25.5 Å².